The van der Waals surface area contributed by atoms with Crippen LogP contribution >= 0.6 is 11.8 Å². The first-order chi connectivity index (χ1) is 6.77. The average Bonchev–Trinajstić information content (AvgIpc) is 2.69. The third kappa shape index (κ3) is 1.89. The van der Waals surface area contributed by atoms with Gasteiger partial charge < -0.3 is 10.6 Å². The molecule has 1 fully saturated rings. The van der Waals surface area contributed by atoms with Crippen LogP contribution in [0.1, 0.15) is 6.42 Å². The lowest BCUT2D eigenvalue weighted by molar-refractivity contribution is 0.680. The van der Waals surface area contributed by atoms with Crippen LogP contribution in [-0.4, -0.2) is 39.5 Å². The van der Waals surface area contributed by atoms with Crippen molar-refractivity contribution in [1.82, 2.24) is 15.0 Å². The van der Waals surface area contributed by atoms with Crippen LogP contribution < -0.4 is 10.6 Å². The number of hydrogen-bond acceptors (Lipinski definition) is 6. The van der Waals surface area contributed by atoms with E-state index in [-0.39, 0.29) is 5.95 Å². The number of thioether (sulfide) groups is 1. The fourth-order valence-electron chi connectivity index (χ4n) is 1.46. The highest BCUT2D eigenvalue weighted by Gasteiger charge is 2.21. The Bertz CT molecular complexity index is 312. The van der Waals surface area contributed by atoms with E-state index in [9.17, 15) is 0 Å². The number of aromatic nitrogens is 3. The Balaban J connectivity index is 2.13. The lowest BCUT2D eigenvalue weighted by Crippen LogP contribution is -2.32. The van der Waals surface area contributed by atoms with Crippen LogP contribution in [0.2, 0.25) is 0 Å². The molecule has 1 aliphatic heterocycles. The molecule has 0 spiro atoms. The first-order valence-electron chi connectivity index (χ1n) is 4.52. The molecule has 1 aliphatic rings. The van der Waals surface area contributed by atoms with Crippen molar-refractivity contribution < 1.29 is 0 Å². The molecule has 0 saturated carbocycles. The highest BCUT2D eigenvalue weighted by atomic mass is 32.2. The van der Waals surface area contributed by atoms with E-state index in [1.54, 1.807) is 0 Å². The molecule has 1 unspecified atom stereocenters. The second-order valence-corrected chi connectivity index (χ2v) is 4.42. The van der Waals surface area contributed by atoms with Crippen LogP contribution in [0.15, 0.2) is 6.33 Å². The van der Waals surface area contributed by atoms with E-state index in [2.05, 4.69) is 19.9 Å². The Morgan fingerprint density at radius 2 is 2.43 bits per heavy atom. The lowest BCUT2D eigenvalue weighted by Gasteiger charge is -2.23. The zero-order valence-corrected chi connectivity index (χ0v) is 8.87. The Morgan fingerprint density at radius 3 is 3.07 bits per heavy atom. The number of anilines is 2. The van der Waals surface area contributed by atoms with Crippen molar-refractivity contribution in [2.45, 2.75) is 12.5 Å². The Morgan fingerprint density at radius 1 is 1.57 bits per heavy atom. The smallest absolute Gasteiger partial charge is 0.230 e. The summed E-state index contributed by atoms with van der Waals surface area (Å²) in [6, 6.07) is 0.529. The van der Waals surface area contributed by atoms with Crippen molar-refractivity contribution in [3.05, 3.63) is 6.33 Å². The second kappa shape index (κ2) is 4.00. The van der Waals surface area contributed by atoms with E-state index in [0.717, 1.165) is 5.75 Å². The number of nitrogens with zero attached hydrogens (tertiary/aromatic N) is 4. The Kier molecular flexibility index (Phi) is 2.72. The maximum absolute atomic E-state index is 5.50. The monoisotopic (exact) mass is 211 g/mol. The summed E-state index contributed by atoms with van der Waals surface area (Å²) >= 11 is 1.97. The van der Waals surface area contributed by atoms with Crippen LogP contribution in [0.5, 0.6) is 0 Å². The number of rotatable bonds is 2. The van der Waals surface area contributed by atoms with Gasteiger partial charge in [-0.1, -0.05) is 0 Å². The van der Waals surface area contributed by atoms with Gasteiger partial charge in [-0.2, -0.15) is 16.7 Å². The van der Waals surface area contributed by atoms with Gasteiger partial charge in [0.1, 0.15) is 6.33 Å². The predicted molar refractivity (Wildman–Crippen MR) is 58.4 cm³/mol. The minimum absolute atomic E-state index is 0.285. The molecule has 2 heterocycles. The average molecular weight is 211 g/mol. The highest BCUT2D eigenvalue weighted by molar-refractivity contribution is 7.99. The van der Waals surface area contributed by atoms with Gasteiger partial charge in [0.15, 0.2) is 0 Å². The molecule has 0 bridgehead atoms. The molecule has 0 aliphatic carbocycles. The molecule has 1 saturated heterocycles. The van der Waals surface area contributed by atoms with Crippen molar-refractivity contribution >= 4 is 23.7 Å². The zero-order valence-electron chi connectivity index (χ0n) is 8.05. The van der Waals surface area contributed by atoms with Gasteiger partial charge in [-0.25, -0.2) is 9.97 Å². The zero-order chi connectivity index (χ0) is 9.97. The normalized spacial score (nSPS) is 21.1. The molecule has 0 amide bonds. The molecular weight excluding hydrogens is 198 g/mol. The van der Waals surface area contributed by atoms with Gasteiger partial charge >= 0.3 is 0 Å². The van der Waals surface area contributed by atoms with E-state index in [0.29, 0.717) is 12.0 Å². The van der Waals surface area contributed by atoms with Crippen molar-refractivity contribution in [1.29, 1.82) is 0 Å². The molecule has 2 N–H and O–H groups in total. The SMILES string of the molecule is CN(c1ncnc(N)n1)C1CCSC1. The standard InChI is InChI=1S/C8H13N5S/c1-13(6-2-3-14-4-6)8-11-5-10-7(9)12-8/h5-6H,2-4H2,1H3,(H2,9,10,11,12). The molecule has 0 radical (unpaired) electrons. The van der Waals surface area contributed by atoms with Crippen LogP contribution in [0, 0.1) is 0 Å². The quantitative estimate of drug-likeness (QED) is 0.763. The molecule has 1 aromatic rings. The number of hydrogen-bond donors (Lipinski definition) is 1. The molecule has 14 heavy (non-hydrogen) atoms. The summed E-state index contributed by atoms with van der Waals surface area (Å²) in [7, 11) is 2.01. The molecule has 76 valence electrons. The summed E-state index contributed by atoms with van der Waals surface area (Å²) in [6.07, 6.45) is 2.64. The first-order valence-corrected chi connectivity index (χ1v) is 5.68. The van der Waals surface area contributed by atoms with Gasteiger partial charge in [-0.3, -0.25) is 0 Å². The molecular formula is C8H13N5S. The third-order valence-electron chi connectivity index (χ3n) is 2.35. The fraction of sp³-hybridized carbons (Fsp3) is 0.625. The first kappa shape index (κ1) is 9.51. The summed E-state index contributed by atoms with van der Waals surface area (Å²) in [6.45, 7) is 0. The third-order valence-corrected chi connectivity index (χ3v) is 3.49. The highest BCUT2D eigenvalue weighted by Crippen LogP contribution is 2.23. The van der Waals surface area contributed by atoms with Gasteiger partial charge in [-0.15, -0.1) is 0 Å². The molecule has 6 heteroatoms. The molecule has 5 nitrogen and oxygen atoms in total. The number of nitrogens with two attached hydrogens (primary N) is 1. The van der Waals surface area contributed by atoms with Gasteiger partial charge in [0.25, 0.3) is 0 Å². The molecule has 1 atom stereocenters. The predicted octanol–water partition coefficient (Wildman–Crippen LogP) is 0.396. The van der Waals surface area contributed by atoms with Crippen molar-refractivity contribution in [3.63, 3.8) is 0 Å². The van der Waals surface area contributed by atoms with Crippen molar-refractivity contribution in [2.75, 3.05) is 29.2 Å². The molecule has 2 rings (SSSR count). The van der Waals surface area contributed by atoms with Gasteiger partial charge in [0, 0.05) is 18.8 Å². The minimum atomic E-state index is 0.285. The summed E-state index contributed by atoms with van der Waals surface area (Å²) in [5.74, 6) is 3.31. The summed E-state index contributed by atoms with van der Waals surface area (Å²) < 4.78 is 0. The van der Waals surface area contributed by atoms with E-state index in [4.69, 9.17) is 5.73 Å². The summed E-state index contributed by atoms with van der Waals surface area (Å²) in [4.78, 5) is 14.0. The van der Waals surface area contributed by atoms with E-state index in [1.165, 1.54) is 18.5 Å². The van der Waals surface area contributed by atoms with Crippen LogP contribution in [0.3, 0.4) is 0 Å². The van der Waals surface area contributed by atoms with Crippen molar-refractivity contribution in [2.24, 2.45) is 0 Å². The van der Waals surface area contributed by atoms with Crippen LogP contribution in [0.25, 0.3) is 0 Å². The summed E-state index contributed by atoms with van der Waals surface area (Å²) in [5, 5.41) is 0. The topological polar surface area (TPSA) is 67.9 Å². The molecule has 0 aromatic carbocycles. The van der Waals surface area contributed by atoms with Crippen molar-refractivity contribution in [3.8, 4) is 0 Å². The Labute approximate surface area is 87.1 Å². The van der Waals surface area contributed by atoms with Gasteiger partial charge in [-0.05, 0) is 12.2 Å². The van der Waals surface area contributed by atoms with Gasteiger partial charge in [0.2, 0.25) is 11.9 Å². The van der Waals surface area contributed by atoms with Gasteiger partial charge in [0.05, 0.1) is 0 Å². The minimum Gasteiger partial charge on any atom is -0.368 e. The maximum atomic E-state index is 5.50. The molecule has 1 aromatic heterocycles. The van der Waals surface area contributed by atoms with Crippen LogP contribution in [-0.2, 0) is 0 Å². The van der Waals surface area contributed by atoms with E-state index >= 15 is 0 Å². The second-order valence-electron chi connectivity index (χ2n) is 3.27. The van der Waals surface area contributed by atoms with E-state index < -0.39 is 0 Å². The van der Waals surface area contributed by atoms with E-state index in [1.807, 2.05) is 18.8 Å². The maximum Gasteiger partial charge on any atom is 0.230 e. The lowest BCUT2D eigenvalue weighted by atomic mass is 10.2. The fourth-order valence-corrected chi connectivity index (χ4v) is 2.73. The number of nitrogen functional groups attached to an aromatic ring is 1. The van der Waals surface area contributed by atoms with Crippen LogP contribution in [0.4, 0.5) is 11.9 Å². The largest absolute Gasteiger partial charge is 0.368 e. The Hall–Kier alpha value is -1.04. The summed E-state index contributed by atoms with van der Waals surface area (Å²) in [5.41, 5.74) is 5.50.